The van der Waals surface area contributed by atoms with Crippen molar-refractivity contribution in [3.8, 4) is 0 Å². The molecule has 0 saturated carbocycles. The molecular formula is C75H134N2O6P+. The van der Waals surface area contributed by atoms with E-state index in [0.717, 1.165) is 109 Å². The lowest BCUT2D eigenvalue weighted by atomic mass is 10.0. The summed E-state index contributed by atoms with van der Waals surface area (Å²) in [4.78, 5) is 23.4. The summed E-state index contributed by atoms with van der Waals surface area (Å²) in [6, 6.07) is -0.772. The number of hydrogen-bond acceptors (Lipinski definition) is 5. The number of carbonyl (C=O) groups excluding carboxylic acids is 1. The van der Waals surface area contributed by atoms with Gasteiger partial charge in [0.25, 0.3) is 0 Å². The van der Waals surface area contributed by atoms with Gasteiger partial charge < -0.3 is 19.8 Å². The summed E-state index contributed by atoms with van der Waals surface area (Å²) in [7, 11) is 1.61. The summed E-state index contributed by atoms with van der Waals surface area (Å²) < 4.78 is 23.9. The van der Waals surface area contributed by atoms with Crippen molar-refractivity contribution in [1.29, 1.82) is 0 Å². The number of phosphoric acid groups is 1. The van der Waals surface area contributed by atoms with E-state index in [-0.39, 0.29) is 19.1 Å². The van der Waals surface area contributed by atoms with E-state index in [1.165, 1.54) is 161 Å². The number of amides is 1. The Bertz CT molecular complexity index is 1780. The summed E-state index contributed by atoms with van der Waals surface area (Å²) >= 11 is 0. The van der Waals surface area contributed by atoms with Crippen LogP contribution in [-0.2, 0) is 18.4 Å². The molecule has 0 saturated heterocycles. The van der Waals surface area contributed by atoms with Crippen LogP contribution in [0.1, 0.15) is 296 Å². The lowest BCUT2D eigenvalue weighted by Gasteiger charge is -2.26. The standard InChI is InChI=1S/C75H133N2O6P/c1-6-8-10-12-14-16-18-20-22-24-26-28-29-30-31-32-33-34-35-36-37-38-39-40-41-42-43-44-45-46-47-49-51-53-55-57-59-61-63-65-67-69-75(79)76-73(72-83-84(80,81)82-71-70-77(3,4)5)74(78)68-66-64-62-60-58-56-54-52-50-48-27-25-23-21-19-17-15-13-11-9-7-2/h8,10,14,16,20,22,26,28,30-31,33-34,36-37,39-40,42-43,45-46,73-74,78H,6-7,9,11-13,15,17-19,21,23-25,27,29,32,35,38,41,44,47-72H2,1-5H3,(H-,76,79,80,81)/p+1/b10-8-,16-14-,22-20-,28-26-,31-30-,34-33-,37-36-,40-39-,43-42-,46-45-. The highest BCUT2D eigenvalue weighted by Crippen LogP contribution is 2.43. The number of phosphoric ester groups is 1. The average Bonchev–Trinajstić information content (AvgIpc) is 3.56. The number of quaternary nitrogens is 1. The minimum absolute atomic E-state index is 0.0695. The van der Waals surface area contributed by atoms with Gasteiger partial charge in [0.15, 0.2) is 0 Å². The van der Waals surface area contributed by atoms with Gasteiger partial charge in [0, 0.05) is 6.42 Å². The van der Waals surface area contributed by atoms with Crippen molar-refractivity contribution >= 4 is 13.7 Å². The molecule has 0 fully saturated rings. The SMILES string of the molecule is CC/C=C\C/C=C\C/C=C\C/C=C\C/C=C\C/C=C\C/C=C\C/C=C\C/C=C\C/C=C\CCCCCCCCCCCCC(=O)NC(COP(=O)(O)OCC[N+](C)(C)C)C(O)CCCCCCCCCCCCCCCCCCCCCCC. The van der Waals surface area contributed by atoms with Gasteiger partial charge in [-0.1, -0.05) is 322 Å². The Morgan fingerprint density at radius 2 is 0.714 bits per heavy atom. The smallest absolute Gasteiger partial charge is 0.391 e. The molecule has 0 aliphatic carbocycles. The summed E-state index contributed by atoms with van der Waals surface area (Å²) in [6.45, 7) is 4.79. The molecule has 84 heavy (non-hydrogen) atoms. The van der Waals surface area contributed by atoms with Crippen LogP contribution in [0.2, 0.25) is 0 Å². The van der Waals surface area contributed by atoms with E-state index < -0.39 is 20.0 Å². The Labute approximate surface area is 520 Å². The van der Waals surface area contributed by atoms with Crippen LogP contribution in [0.25, 0.3) is 0 Å². The fourth-order valence-electron chi connectivity index (χ4n) is 9.84. The van der Waals surface area contributed by atoms with Gasteiger partial charge in [0.05, 0.1) is 39.9 Å². The van der Waals surface area contributed by atoms with Crippen molar-refractivity contribution < 1.29 is 32.9 Å². The van der Waals surface area contributed by atoms with E-state index in [1.54, 1.807) is 0 Å². The van der Waals surface area contributed by atoms with Gasteiger partial charge in [0.2, 0.25) is 5.91 Å². The third-order valence-corrected chi connectivity index (χ3v) is 16.2. The predicted molar refractivity (Wildman–Crippen MR) is 368 cm³/mol. The number of likely N-dealkylation sites (N-methyl/N-ethyl adjacent to an activating group) is 1. The molecule has 3 N–H and O–H groups in total. The molecule has 484 valence electrons. The average molecular weight is 1190 g/mol. The highest BCUT2D eigenvalue weighted by atomic mass is 31.2. The molecule has 3 unspecified atom stereocenters. The zero-order chi connectivity index (χ0) is 61.2. The second-order valence-corrected chi connectivity index (χ2v) is 26.0. The number of aliphatic hydroxyl groups is 1. The number of nitrogens with zero attached hydrogens (tertiary/aromatic N) is 1. The minimum Gasteiger partial charge on any atom is -0.391 e. The minimum atomic E-state index is -4.34. The zero-order valence-electron chi connectivity index (χ0n) is 55.4. The van der Waals surface area contributed by atoms with Crippen LogP contribution in [0, 0.1) is 0 Å². The van der Waals surface area contributed by atoms with Gasteiger partial charge >= 0.3 is 7.82 Å². The van der Waals surface area contributed by atoms with Gasteiger partial charge in [-0.15, -0.1) is 0 Å². The number of hydrogen-bond donors (Lipinski definition) is 3. The molecule has 0 aromatic rings. The van der Waals surface area contributed by atoms with Crippen molar-refractivity contribution in [2.24, 2.45) is 0 Å². The number of unbranched alkanes of at least 4 members (excludes halogenated alkanes) is 30. The van der Waals surface area contributed by atoms with Crippen LogP contribution in [0.15, 0.2) is 122 Å². The molecule has 3 atom stereocenters. The zero-order valence-corrected chi connectivity index (χ0v) is 56.3. The van der Waals surface area contributed by atoms with Crippen LogP contribution in [0.3, 0.4) is 0 Å². The van der Waals surface area contributed by atoms with Gasteiger partial charge in [-0.3, -0.25) is 13.8 Å². The monoisotopic (exact) mass is 1190 g/mol. The van der Waals surface area contributed by atoms with Crippen molar-refractivity contribution in [3.63, 3.8) is 0 Å². The van der Waals surface area contributed by atoms with Crippen molar-refractivity contribution in [2.45, 2.75) is 309 Å². The van der Waals surface area contributed by atoms with Crippen molar-refractivity contribution in [3.05, 3.63) is 122 Å². The second kappa shape index (κ2) is 64.4. The first kappa shape index (κ1) is 80.9. The lowest BCUT2D eigenvalue weighted by molar-refractivity contribution is -0.870. The molecule has 0 aromatic heterocycles. The summed E-state index contributed by atoms with van der Waals surface area (Å²) in [5, 5.41) is 14.1. The Morgan fingerprint density at radius 1 is 0.417 bits per heavy atom. The third kappa shape index (κ3) is 66.4. The van der Waals surface area contributed by atoms with Crippen molar-refractivity contribution in [2.75, 3.05) is 40.9 Å². The molecule has 0 aliphatic rings. The molecule has 0 bridgehead atoms. The quantitative estimate of drug-likeness (QED) is 0.0243. The Kier molecular flexibility index (Phi) is 62.0. The Morgan fingerprint density at radius 3 is 1.05 bits per heavy atom. The second-order valence-electron chi connectivity index (χ2n) is 24.5. The summed E-state index contributed by atoms with van der Waals surface area (Å²) in [6.07, 6.45) is 95.7. The first-order valence-corrected chi connectivity index (χ1v) is 36.4. The molecule has 9 heteroatoms. The maximum atomic E-state index is 13.1. The number of allylic oxidation sites excluding steroid dienone is 20. The normalized spacial score (nSPS) is 14.4. The molecule has 8 nitrogen and oxygen atoms in total. The van der Waals surface area contributed by atoms with Crippen LogP contribution >= 0.6 is 7.82 Å². The number of rotatable bonds is 63. The number of nitrogens with one attached hydrogen (secondary N) is 1. The Balaban J connectivity index is 4.08. The number of carbonyl (C=O) groups is 1. The largest absolute Gasteiger partial charge is 0.472 e. The third-order valence-electron chi connectivity index (χ3n) is 15.2. The molecule has 1 amide bonds. The van der Waals surface area contributed by atoms with E-state index >= 15 is 0 Å². The van der Waals surface area contributed by atoms with Crippen LogP contribution < -0.4 is 5.32 Å². The van der Waals surface area contributed by atoms with E-state index in [0.29, 0.717) is 23.9 Å². The topological polar surface area (TPSA) is 105 Å². The molecule has 0 rings (SSSR count). The molecular weight excluding hydrogens is 1060 g/mol. The van der Waals surface area contributed by atoms with Crippen LogP contribution in [0.4, 0.5) is 0 Å². The van der Waals surface area contributed by atoms with E-state index in [2.05, 4.69) is 141 Å². The highest BCUT2D eigenvalue weighted by Gasteiger charge is 2.28. The fraction of sp³-hybridized carbons (Fsp3) is 0.720. The maximum Gasteiger partial charge on any atom is 0.472 e. The molecule has 0 radical (unpaired) electrons. The highest BCUT2D eigenvalue weighted by molar-refractivity contribution is 7.47. The van der Waals surface area contributed by atoms with E-state index in [1.807, 2.05) is 21.1 Å². The van der Waals surface area contributed by atoms with E-state index in [4.69, 9.17) is 9.05 Å². The van der Waals surface area contributed by atoms with Gasteiger partial charge in [-0.05, 0) is 89.9 Å². The lowest BCUT2D eigenvalue weighted by Crippen LogP contribution is -2.46. The molecule has 0 spiro atoms. The fourth-order valence-corrected chi connectivity index (χ4v) is 10.6. The first-order chi connectivity index (χ1) is 41.0. The van der Waals surface area contributed by atoms with E-state index in [9.17, 15) is 19.4 Å². The van der Waals surface area contributed by atoms with Gasteiger partial charge in [-0.25, -0.2) is 4.57 Å². The summed E-state index contributed by atoms with van der Waals surface area (Å²) in [5.74, 6) is -0.150. The van der Waals surface area contributed by atoms with Crippen molar-refractivity contribution in [1.82, 2.24) is 5.32 Å². The van der Waals surface area contributed by atoms with Crippen LogP contribution in [0.5, 0.6) is 0 Å². The maximum absolute atomic E-state index is 13.1. The summed E-state index contributed by atoms with van der Waals surface area (Å²) in [5.41, 5.74) is 0. The van der Waals surface area contributed by atoms with Gasteiger partial charge in [0.1, 0.15) is 13.2 Å². The van der Waals surface area contributed by atoms with Crippen LogP contribution in [-0.4, -0.2) is 73.4 Å². The molecule has 0 heterocycles. The Hall–Kier alpha value is -3.10. The predicted octanol–water partition coefficient (Wildman–Crippen LogP) is 22.4. The first-order valence-electron chi connectivity index (χ1n) is 34.9. The molecule has 0 aromatic carbocycles. The number of aliphatic hydroxyl groups excluding tert-OH is 1. The molecule has 0 aliphatic heterocycles. The van der Waals surface area contributed by atoms with Gasteiger partial charge in [-0.2, -0.15) is 0 Å².